The van der Waals surface area contributed by atoms with Crippen molar-refractivity contribution in [2.45, 2.75) is 6.92 Å². The van der Waals surface area contributed by atoms with Gasteiger partial charge in [0.1, 0.15) is 23.2 Å². The fourth-order valence-electron chi connectivity index (χ4n) is 1.72. The van der Waals surface area contributed by atoms with Crippen molar-refractivity contribution in [3.05, 3.63) is 63.6 Å². The van der Waals surface area contributed by atoms with Gasteiger partial charge in [0.05, 0.1) is 4.92 Å². The molecule has 1 N–H and O–H groups in total. The number of nitro groups is 1. The second kappa shape index (κ2) is 6.37. The number of furan rings is 1. The summed E-state index contributed by atoms with van der Waals surface area (Å²) < 4.78 is 5.27. The summed E-state index contributed by atoms with van der Waals surface area (Å²) >= 11 is 0. The van der Waals surface area contributed by atoms with Crippen LogP contribution in [0.1, 0.15) is 11.5 Å². The molecule has 0 unspecified atom stereocenters. The summed E-state index contributed by atoms with van der Waals surface area (Å²) in [7, 11) is 0. The van der Waals surface area contributed by atoms with Crippen LogP contribution in [0, 0.1) is 28.4 Å². The van der Waals surface area contributed by atoms with Crippen LogP contribution in [0.5, 0.6) is 0 Å². The molecule has 0 spiro atoms. The van der Waals surface area contributed by atoms with Gasteiger partial charge in [-0.2, -0.15) is 5.26 Å². The average Bonchev–Trinajstić information content (AvgIpc) is 2.90. The normalized spacial score (nSPS) is 10.8. The Morgan fingerprint density at radius 3 is 2.77 bits per heavy atom. The molecule has 0 fully saturated rings. The molecule has 0 bridgehead atoms. The Balaban J connectivity index is 2.20. The number of hydrogen-bond acceptors (Lipinski definition) is 5. The summed E-state index contributed by atoms with van der Waals surface area (Å²) in [6.45, 7) is 1.74. The number of aryl methyl sites for hydroxylation is 1. The van der Waals surface area contributed by atoms with Gasteiger partial charge in [-0.3, -0.25) is 14.9 Å². The maximum Gasteiger partial charge on any atom is 0.271 e. The van der Waals surface area contributed by atoms with E-state index in [1.807, 2.05) is 0 Å². The molecule has 0 aliphatic carbocycles. The maximum absolute atomic E-state index is 12.0. The summed E-state index contributed by atoms with van der Waals surface area (Å²) in [5, 5.41) is 22.2. The number of nitrogens with one attached hydrogen (secondary N) is 1. The van der Waals surface area contributed by atoms with E-state index in [4.69, 9.17) is 9.68 Å². The van der Waals surface area contributed by atoms with Gasteiger partial charge in [0.25, 0.3) is 11.6 Å². The SMILES string of the molecule is Cc1ccc(/C=C(\C#N)C(=O)Nc2cccc([N+](=O)[O-])c2)o1. The van der Waals surface area contributed by atoms with E-state index >= 15 is 0 Å². The molecule has 22 heavy (non-hydrogen) atoms. The van der Waals surface area contributed by atoms with Crippen LogP contribution in [0.3, 0.4) is 0 Å². The molecular formula is C15H11N3O4. The molecular weight excluding hydrogens is 286 g/mol. The number of rotatable bonds is 4. The molecule has 2 rings (SSSR count). The molecule has 1 aromatic carbocycles. The number of non-ortho nitro benzene ring substituents is 1. The first-order chi connectivity index (χ1) is 10.5. The van der Waals surface area contributed by atoms with Crippen LogP contribution in [0.2, 0.25) is 0 Å². The molecule has 7 heteroatoms. The maximum atomic E-state index is 12.0. The van der Waals surface area contributed by atoms with E-state index in [0.29, 0.717) is 11.5 Å². The number of anilines is 1. The standard InChI is InChI=1S/C15H11N3O4/c1-10-5-6-14(22-10)7-11(9-16)15(19)17-12-3-2-4-13(8-12)18(20)21/h2-8H,1H3,(H,17,19)/b11-7+. The van der Waals surface area contributed by atoms with Crippen molar-refractivity contribution in [3.8, 4) is 6.07 Å². The van der Waals surface area contributed by atoms with Gasteiger partial charge in [-0.25, -0.2) is 0 Å². The lowest BCUT2D eigenvalue weighted by Gasteiger charge is -2.03. The Bertz CT molecular complexity index is 799. The Labute approximate surface area is 125 Å². The van der Waals surface area contributed by atoms with Gasteiger partial charge in [0.2, 0.25) is 0 Å². The first kappa shape index (κ1) is 15.0. The number of amides is 1. The Morgan fingerprint density at radius 1 is 1.41 bits per heavy atom. The monoisotopic (exact) mass is 297 g/mol. The highest BCUT2D eigenvalue weighted by Gasteiger charge is 2.12. The van der Waals surface area contributed by atoms with Gasteiger partial charge in [0.15, 0.2) is 0 Å². The summed E-state index contributed by atoms with van der Waals surface area (Å²) in [5.74, 6) is 0.364. The zero-order valence-electron chi connectivity index (χ0n) is 11.6. The fraction of sp³-hybridized carbons (Fsp3) is 0.0667. The van der Waals surface area contributed by atoms with Crippen LogP contribution in [0.15, 0.2) is 46.4 Å². The van der Waals surface area contributed by atoms with Gasteiger partial charge < -0.3 is 9.73 Å². The van der Waals surface area contributed by atoms with E-state index in [9.17, 15) is 14.9 Å². The number of carbonyl (C=O) groups is 1. The van der Waals surface area contributed by atoms with Crippen molar-refractivity contribution >= 4 is 23.4 Å². The Morgan fingerprint density at radius 2 is 2.18 bits per heavy atom. The lowest BCUT2D eigenvalue weighted by Crippen LogP contribution is -2.13. The molecule has 0 radical (unpaired) electrons. The van der Waals surface area contributed by atoms with Crippen LogP contribution < -0.4 is 5.32 Å². The molecule has 0 aliphatic rings. The van der Waals surface area contributed by atoms with Crippen molar-refractivity contribution in [2.24, 2.45) is 0 Å². The van der Waals surface area contributed by atoms with Gasteiger partial charge in [-0.15, -0.1) is 0 Å². The second-order valence-electron chi connectivity index (χ2n) is 4.38. The Kier molecular flexibility index (Phi) is 4.34. The minimum atomic E-state index is -0.669. The highest BCUT2D eigenvalue weighted by atomic mass is 16.6. The largest absolute Gasteiger partial charge is 0.462 e. The van der Waals surface area contributed by atoms with Crippen molar-refractivity contribution in [1.29, 1.82) is 5.26 Å². The topological polar surface area (TPSA) is 109 Å². The first-order valence-corrected chi connectivity index (χ1v) is 6.23. The van der Waals surface area contributed by atoms with Crippen molar-refractivity contribution < 1.29 is 14.1 Å². The lowest BCUT2D eigenvalue weighted by molar-refractivity contribution is -0.384. The summed E-state index contributed by atoms with van der Waals surface area (Å²) in [4.78, 5) is 22.1. The van der Waals surface area contributed by atoms with Crippen molar-refractivity contribution in [2.75, 3.05) is 5.32 Å². The van der Waals surface area contributed by atoms with Gasteiger partial charge in [-0.05, 0) is 25.1 Å². The summed E-state index contributed by atoms with van der Waals surface area (Å²) in [5.41, 5.74) is -0.0845. The highest BCUT2D eigenvalue weighted by Crippen LogP contribution is 2.18. The van der Waals surface area contributed by atoms with E-state index in [0.717, 1.165) is 0 Å². The zero-order chi connectivity index (χ0) is 16.1. The molecule has 110 valence electrons. The molecule has 1 amide bonds. The van der Waals surface area contributed by atoms with Crippen LogP contribution in [0.4, 0.5) is 11.4 Å². The third-order valence-electron chi connectivity index (χ3n) is 2.73. The van der Waals surface area contributed by atoms with E-state index in [1.54, 1.807) is 25.1 Å². The number of nitriles is 1. The number of nitro benzene ring substituents is 1. The van der Waals surface area contributed by atoms with Crippen LogP contribution in [0.25, 0.3) is 6.08 Å². The van der Waals surface area contributed by atoms with Crippen LogP contribution in [-0.2, 0) is 4.79 Å². The average molecular weight is 297 g/mol. The molecule has 1 aromatic heterocycles. The highest BCUT2D eigenvalue weighted by molar-refractivity contribution is 6.09. The first-order valence-electron chi connectivity index (χ1n) is 6.23. The number of hydrogen-bond donors (Lipinski definition) is 1. The molecule has 7 nitrogen and oxygen atoms in total. The molecule has 2 aromatic rings. The number of carbonyl (C=O) groups excluding carboxylic acids is 1. The van der Waals surface area contributed by atoms with E-state index < -0.39 is 10.8 Å². The van der Waals surface area contributed by atoms with E-state index in [2.05, 4.69) is 5.32 Å². The second-order valence-corrected chi connectivity index (χ2v) is 4.38. The quantitative estimate of drug-likeness (QED) is 0.403. The third-order valence-corrected chi connectivity index (χ3v) is 2.73. The smallest absolute Gasteiger partial charge is 0.271 e. The molecule has 0 aliphatic heterocycles. The molecule has 0 saturated heterocycles. The lowest BCUT2D eigenvalue weighted by atomic mass is 10.2. The van der Waals surface area contributed by atoms with Gasteiger partial charge in [-0.1, -0.05) is 6.07 Å². The number of nitrogens with zero attached hydrogens (tertiary/aromatic N) is 2. The number of benzene rings is 1. The van der Waals surface area contributed by atoms with Crippen molar-refractivity contribution in [3.63, 3.8) is 0 Å². The summed E-state index contributed by atoms with van der Waals surface area (Å²) in [6, 6.07) is 10.6. The van der Waals surface area contributed by atoms with Crippen molar-refractivity contribution in [1.82, 2.24) is 0 Å². The predicted molar refractivity (Wildman–Crippen MR) is 78.8 cm³/mol. The minimum Gasteiger partial charge on any atom is -0.462 e. The van der Waals surface area contributed by atoms with E-state index in [-0.39, 0.29) is 16.9 Å². The van der Waals surface area contributed by atoms with Gasteiger partial charge in [0, 0.05) is 23.9 Å². The predicted octanol–water partition coefficient (Wildman–Crippen LogP) is 3.04. The molecule has 1 heterocycles. The molecule has 0 saturated carbocycles. The third kappa shape index (κ3) is 3.58. The molecule has 0 atom stereocenters. The van der Waals surface area contributed by atoms with E-state index in [1.165, 1.54) is 30.3 Å². The summed E-state index contributed by atoms with van der Waals surface area (Å²) in [6.07, 6.45) is 1.31. The van der Waals surface area contributed by atoms with Crippen LogP contribution >= 0.6 is 0 Å². The van der Waals surface area contributed by atoms with Gasteiger partial charge >= 0.3 is 0 Å². The van der Waals surface area contributed by atoms with Crippen LogP contribution in [-0.4, -0.2) is 10.8 Å². The Hall–Kier alpha value is -3.40. The fourth-order valence-corrected chi connectivity index (χ4v) is 1.72. The minimum absolute atomic E-state index is 0.151. The zero-order valence-corrected chi connectivity index (χ0v) is 11.6.